The third-order valence-electron chi connectivity index (χ3n) is 6.70. The van der Waals surface area contributed by atoms with Gasteiger partial charge in [-0.05, 0) is 51.5 Å². The summed E-state index contributed by atoms with van der Waals surface area (Å²) >= 11 is 0. The zero-order valence-corrected chi connectivity index (χ0v) is 33.2. The summed E-state index contributed by atoms with van der Waals surface area (Å²) in [7, 11) is 0. The molecule has 0 saturated carbocycles. The van der Waals surface area contributed by atoms with Crippen LogP contribution in [0.3, 0.4) is 0 Å². The molecular weight excluding hydrogens is 708 g/mol. The Balaban J connectivity index is 1.69. The monoisotopic (exact) mass is 776 g/mol. The van der Waals surface area contributed by atoms with Gasteiger partial charge in [-0.15, -0.1) is 0 Å². The summed E-state index contributed by atoms with van der Waals surface area (Å²) in [4.78, 5) is 23.6. The molecule has 1 aromatic rings. The van der Waals surface area contributed by atoms with E-state index in [1.807, 2.05) is 32.9 Å². The first-order chi connectivity index (χ1) is 26.3. The van der Waals surface area contributed by atoms with Crippen LogP contribution >= 0.6 is 0 Å². The van der Waals surface area contributed by atoms with Gasteiger partial charge < -0.3 is 67.5 Å². The highest BCUT2D eigenvalue weighted by atomic mass is 16.6. The highest BCUT2D eigenvalue weighted by Crippen LogP contribution is 2.11. The molecule has 0 saturated heterocycles. The van der Waals surface area contributed by atoms with Gasteiger partial charge >= 0.3 is 12.1 Å². The minimum atomic E-state index is -0.516. The van der Waals surface area contributed by atoms with Crippen molar-refractivity contribution in [3.63, 3.8) is 0 Å². The van der Waals surface area contributed by atoms with Crippen molar-refractivity contribution < 1.29 is 66.4 Å². The van der Waals surface area contributed by atoms with Crippen LogP contribution in [0, 0.1) is 0 Å². The molecule has 2 N–H and O–H groups in total. The molecule has 1 amide bonds. The predicted octanol–water partition coefficient (Wildman–Crippen LogP) is 3.75. The third-order valence-corrected chi connectivity index (χ3v) is 6.70. The molecule has 0 spiro atoms. The van der Waals surface area contributed by atoms with Crippen LogP contribution < -0.4 is 10.6 Å². The largest absolute Gasteiger partial charge is 0.460 e. The number of hydrogen-bond acceptors (Lipinski definition) is 15. The van der Waals surface area contributed by atoms with Gasteiger partial charge in [0.25, 0.3) is 0 Å². The lowest BCUT2D eigenvalue weighted by Gasteiger charge is -2.19. The van der Waals surface area contributed by atoms with Crippen LogP contribution in [-0.4, -0.2) is 169 Å². The molecule has 0 aliphatic carbocycles. The molecule has 0 radical (unpaired) electrons. The number of amides is 1. The number of rotatable bonds is 38. The zero-order valence-electron chi connectivity index (χ0n) is 33.2. The van der Waals surface area contributed by atoms with Crippen LogP contribution in [0.25, 0.3) is 0 Å². The molecule has 0 aliphatic rings. The summed E-state index contributed by atoms with van der Waals surface area (Å²) in [5, 5.41) is 5.94. The molecule has 0 aliphatic heterocycles. The predicted molar refractivity (Wildman–Crippen MR) is 203 cm³/mol. The van der Waals surface area contributed by atoms with E-state index in [4.69, 9.17) is 56.8 Å². The Morgan fingerprint density at radius 1 is 0.500 bits per heavy atom. The van der Waals surface area contributed by atoms with Crippen molar-refractivity contribution in [1.82, 2.24) is 5.32 Å². The maximum atomic E-state index is 12.1. The highest BCUT2D eigenvalue weighted by molar-refractivity contribution is 5.89. The summed E-state index contributed by atoms with van der Waals surface area (Å²) in [5.74, 6) is -0.365. The maximum absolute atomic E-state index is 12.1. The fraction of sp³-hybridized carbons (Fsp3) is 0.789. The van der Waals surface area contributed by atoms with Gasteiger partial charge in [-0.1, -0.05) is 13.3 Å². The van der Waals surface area contributed by atoms with E-state index in [-0.39, 0.29) is 12.6 Å². The first kappa shape index (κ1) is 49.4. The Bertz CT molecular complexity index is 997. The van der Waals surface area contributed by atoms with Crippen LogP contribution in [0.15, 0.2) is 24.3 Å². The van der Waals surface area contributed by atoms with E-state index in [9.17, 15) is 9.59 Å². The van der Waals surface area contributed by atoms with Crippen molar-refractivity contribution in [1.29, 1.82) is 0 Å². The van der Waals surface area contributed by atoms with Crippen LogP contribution in [-0.2, 0) is 56.8 Å². The zero-order chi connectivity index (χ0) is 39.2. The average molecular weight is 777 g/mol. The van der Waals surface area contributed by atoms with Gasteiger partial charge in [0.1, 0.15) is 12.2 Å². The van der Waals surface area contributed by atoms with Crippen LogP contribution in [0.4, 0.5) is 10.5 Å². The average Bonchev–Trinajstić information content (AvgIpc) is 3.14. The lowest BCUT2D eigenvalue weighted by Crippen LogP contribution is -2.34. The molecular formula is C38H68N2O14. The Morgan fingerprint density at radius 2 is 0.852 bits per heavy atom. The molecule has 0 heterocycles. The molecule has 314 valence electrons. The summed E-state index contributed by atoms with van der Waals surface area (Å²) in [6.45, 7) is 18.1. The van der Waals surface area contributed by atoms with Gasteiger partial charge in [0.15, 0.2) is 0 Å². The Hall–Kier alpha value is -2.64. The third kappa shape index (κ3) is 33.9. The number of alkyl carbamates (subject to hydrolysis) is 1. The van der Waals surface area contributed by atoms with Gasteiger partial charge in [0.05, 0.1) is 138 Å². The van der Waals surface area contributed by atoms with Gasteiger partial charge in [0, 0.05) is 18.8 Å². The van der Waals surface area contributed by atoms with E-state index < -0.39 is 11.7 Å². The van der Waals surface area contributed by atoms with Crippen molar-refractivity contribution in [3.8, 4) is 0 Å². The number of ether oxygens (including phenoxy) is 12. The second-order valence-corrected chi connectivity index (χ2v) is 12.5. The summed E-state index contributed by atoms with van der Waals surface area (Å²) in [6.07, 6.45) is 1.78. The molecule has 1 rings (SSSR count). The van der Waals surface area contributed by atoms with Gasteiger partial charge in [-0.2, -0.15) is 0 Å². The number of benzene rings is 1. The number of nitrogens with one attached hydrogen (secondary N) is 2. The Morgan fingerprint density at radius 3 is 1.20 bits per heavy atom. The van der Waals surface area contributed by atoms with Crippen LogP contribution in [0.2, 0.25) is 0 Å². The molecule has 16 heteroatoms. The van der Waals surface area contributed by atoms with Crippen LogP contribution in [0.5, 0.6) is 0 Å². The Kier molecular flexibility index (Phi) is 32.9. The first-order valence-corrected chi connectivity index (χ1v) is 19.1. The topological polar surface area (TPSA) is 169 Å². The van der Waals surface area contributed by atoms with E-state index in [0.29, 0.717) is 144 Å². The molecule has 0 unspecified atom stereocenters. The second-order valence-electron chi connectivity index (χ2n) is 12.5. The Labute approximate surface area is 322 Å². The van der Waals surface area contributed by atoms with Crippen LogP contribution in [0.1, 0.15) is 50.9 Å². The molecule has 54 heavy (non-hydrogen) atoms. The first-order valence-electron chi connectivity index (χ1n) is 19.1. The number of esters is 1. The number of hydrogen-bond donors (Lipinski definition) is 2. The molecule has 1 aromatic carbocycles. The minimum absolute atomic E-state index is 0.185. The van der Waals surface area contributed by atoms with E-state index in [1.165, 1.54) is 0 Å². The lowest BCUT2D eigenvalue weighted by molar-refractivity contribution is -0.0271. The quantitative estimate of drug-likeness (QED) is 0.0736. The highest BCUT2D eigenvalue weighted by Gasteiger charge is 2.15. The van der Waals surface area contributed by atoms with Gasteiger partial charge in [-0.3, -0.25) is 0 Å². The second kappa shape index (κ2) is 36.0. The van der Waals surface area contributed by atoms with E-state index in [2.05, 4.69) is 17.6 Å². The summed E-state index contributed by atoms with van der Waals surface area (Å²) < 4.78 is 65.0. The molecule has 0 bridgehead atoms. The van der Waals surface area contributed by atoms with Gasteiger partial charge in [0.2, 0.25) is 0 Å². The molecule has 0 aromatic heterocycles. The normalized spacial score (nSPS) is 11.5. The number of carbonyl (C=O) groups excluding carboxylic acids is 2. The fourth-order valence-corrected chi connectivity index (χ4v) is 4.03. The molecule has 0 fully saturated rings. The standard InChI is InChI=1S/C38H68N2O14/c1-5-6-11-39-35-9-7-34(8-10-35)36(41)53-33-32-52-31-30-51-29-28-50-27-26-49-25-24-48-23-22-47-21-20-46-19-18-45-17-16-44-15-14-43-13-12-40-37(42)54-38(2,3)4/h7-10,39H,5-6,11-33H2,1-4H3,(H,40,42). The number of anilines is 1. The fourth-order valence-electron chi connectivity index (χ4n) is 4.03. The molecule has 0 atom stereocenters. The van der Waals surface area contributed by atoms with Crippen molar-refractivity contribution in [2.45, 2.75) is 46.1 Å². The summed E-state index contributed by atoms with van der Waals surface area (Å²) in [6, 6.07) is 7.28. The van der Waals surface area contributed by atoms with Crippen molar-refractivity contribution in [2.75, 3.05) is 157 Å². The van der Waals surface area contributed by atoms with Crippen molar-refractivity contribution in [3.05, 3.63) is 29.8 Å². The van der Waals surface area contributed by atoms with E-state index >= 15 is 0 Å². The lowest BCUT2D eigenvalue weighted by atomic mass is 10.2. The summed E-state index contributed by atoms with van der Waals surface area (Å²) in [5.41, 5.74) is 0.990. The maximum Gasteiger partial charge on any atom is 0.407 e. The smallest absolute Gasteiger partial charge is 0.407 e. The number of carbonyl (C=O) groups is 2. The molecule has 16 nitrogen and oxygen atoms in total. The van der Waals surface area contributed by atoms with Crippen molar-refractivity contribution >= 4 is 17.7 Å². The number of unbranched alkanes of at least 4 members (excludes halogenated alkanes) is 1. The van der Waals surface area contributed by atoms with Gasteiger partial charge in [-0.25, -0.2) is 9.59 Å². The minimum Gasteiger partial charge on any atom is -0.460 e. The SMILES string of the molecule is CCCCNc1ccc(C(=O)OCCOCCOCCOCCOCCOCCOCCOCCOCCOCCOCCNC(=O)OC(C)(C)C)cc1. The van der Waals surface area contributed by atoms with E-state index in [1.54, 1.807) is 12.1 Å². The van der Waals surface area contributed by atoms with Crippen molar-refractivity contribution in [2.24, 2.45) is 0 Å². The van der Waals surface area contributed by atoms with E-state index in [0.717, 1.165) is 25.1 Å².